The highest BCUT2D eigenvalue weighted by Crippen LogP contribution is 2.28. The summed E-state index contributed by atoms with van der Waals surface area (Å²) >= 11 is 0. The Morgan fingerprint density at radius 3 is 2.83 bits per heavy atom. The maximum absolute atomic E-state index is 11.0. The van der Waals surface area contributed by atoms with Crippen molar-refractivity contribution < 1.29 is 14.6 Å². The quantitative estimate of drug-likeness (QED) is 0.648. The first kappa shape index (κ1) is 9.52. The van der Waals surface area contributed by atoms with E-state index in [2.05, 4.69) is 0 Å². The molecule has 0 saturated heterocycles. The van der Waals surface area contributed by atoms with E-state index in [-0.39, 0.29) is 18.0 Å². The molecule has 0 bridgehead atoms. The number of hydrogen-bond donors (Lipinski definition) is 1. The lowest BCUT2D eigenvalue weighted by molar-refractivity contribution is -0.145. The molecule has 1 N–H and O–H groups in total. The summed E-state index contributed by atoms with van der Waals surface area (Å²) in [5.74, 6) is -0.0347. The molecule has 0 heterocycles. The van der Waals surface area contributed by atoms with E-state index in [0.717, 1.165) is 19.3 Å². The van der Waals surface area contributed by atoms with E-state index in [9.17, 15) is 9.90 Å². The number of carbonyl (C=O) groups excluding carboxylic acids is 1. The molecule has 2 unspecified atom stereocenters. The Morgan fingerprint density at radius 2 is 2.33 bits per heavy atom. The van der Waals surface area contributed by atoms with Gasteiger partial charge in [0.25, 0.3) is 0 Å². The van der Waals surface area contributed by atoms with Crippen molar-refractivity contribution in [2.24, 2.45) is 5.92 Å². The molecule has 2 atom stereocenters. The first-order chi connectivity index (χ1) is 5.74. The fourth-order valence-corrected chi connectivity index (χ4v) is 1.69. The Hall–Kier alpha value is -0.570. The molecule has 0 spiro atoms. The Bertz CT molecular complexity index is 156. The number of aliphatic hydroxyl groups excluding tert-OH is 1. The normalized spacial score (nSPS) is 28.8. The monoisotopic (exact) mass is 172 g/mol. The molecule has 1 rings (SSSR count). The Kier molecular flexibility index (Phi) is 3.53. The van der Waals surface area contributed by atoms with Crippen LogP contribution in [0.3, 0.4) is 0 Å². The number of esters is 1. The van der Waals surface area contributed by atoms with Crippen LogP contribution < -0.4 is 0 Å². The van der Waals surface area contributed by atoms with Gasteiger partial charge in [-0.05, 0) is 25.7 Å². The number of hydrogen-bond acceptors (Lipinski definition) is 3. The smallest absolute Gasteiger partial charge is 0.306 e. The lowest BCUT2D eigenvalue weighted by Crippen LogP contribution is -2.18. The van der Waals surface area contributed by atoms with Crippen molar-refractivity contribution in [3.63, 3.8) is 0 Å². The van der Waals surface area contributed by atoms with Crippen LogP contribution in [0.15, 0.2) is 0 Å². The largest absolute Gasteiger partial charge is 0.466 e. The van der Waals surface area contributed by atoms with Crippen LogP contribution >= 0.6 is 0 Å². The van der Waals surface area contributed by atoms with Gasteiger partial charge in [0.05, 0.1) is 19.1 Å². The van der Waals surface area contributed by atoms with Gasteiger partial charge in [0.1, 0.15) is 0 Å². The lowest BCUT2D eigenvalue weighted by Gasteiger charge is -2.12. The minimum absolute atomic E-state index is 0.143. The van der Waals surface area contributed by atoms with Crippen molar-refractivity contribution in [3.05, 3.63) is 0 Å². The van der Waals surface area contributed by atoms with Gasteiger partial charge < -0.3 is 9.84 Å². The van der Waals surface area contributed by atoms with Crippen LogP contribution in [0, 0.1) is 5.92 Å². The Balaban J connectivity index is 2.25. The number of ether oxygens (including phenoxy) is 1. The van der Waals surface area contributed by atoms with Crippen LogP contribution in [0.4, 0.5) is 0 Å². The van der Waals surface area contributed by atoms with E-state index in [0.29, 0.717) is 13.0 Å². The fourth-order valence-electron chi connectivity index (χ4n) is 1.69. The van der Waals surface area contributed by atoms with E-state index in [4.69, 9.17) is 4.74 Å². The second-order valence-electron chi connectivity index (χ2n) is 3.27. The minimum atomic E-state index is -0.283. The summed E-state index contributed by atoms with van der Waals surface area (Å²) in [6, 6.07) is 0. The van der Waals surface area contributed by atoms with Crippen LogP contribution in [0.25, 0.3) is 0 Å². The van der Waals surface area contributed by atoms with Gasteiger partial charge in [0.2, 0.25) is 0 Å². The van der Waals surface area contributed by atoms with Gasteiger partial charge in [-0.15, -0.1) is 0 Å². The van der Waals surface area contributed by atoms with Crippen LogP contribution in [0.1, 0.15) is 32.6 Å². The van der Waals surface area contributed by atoms with Crippen molar-refractivity contribution in [3.8, 4) is 0 Å². The third-order valence-corrected chi connectivity index (χ3v) is 2.35. The molecule has 0 aromatic heterocycles. The average molecular weight is 172 g/mol. The van der Waals surface area contributed by atoms with Crippen LogP contribution in [-0.4, -0.2) is 23.8 Å². The van der Waals surface area contributed by atoms with Crippen molar-refractivity contribution in [1.29, 1.82) is 0 Å². The molecule has 0 radical (unpaired) electrons. The molecular weight excluding hydrogens is 156 g/mol. The molecule has 70 valence electrons. The van der Waals surface area contributed by atoms with Crippen LogP contribution in [-0.2, 0) is 9.53 Å². The summed E-state index contributed by atoms with van der Waals surface area (Å²) in [4.78, 5) is 11.0. The zero-order valence-electron chi connectivity index (χ0n) is 7.45. The highest BCUT2D eigenvalue weighted by molar-refractivity contribution is 5.69. The van der Waals surface area contributed by atoms with E-state index in [1.807, 2.05) is 0 Å². The third kappa shape index (κ3) is 2.48. The zero-order chi connectivity index (χ0) is 8.97. The minimum Gasteiger partial charge on any atom is -0.466 e. The molecule has 12 heavy (non-hydrogen) atoms. The van der Waals surface area contributed by atoms with Crippen LogP contribution in [0.5, 0.6) is 0 Å². The van der Waals surface area contributed by atoms with Gasteiger partial charge in [0.15, 0.2) is 0 Å². The summed E-state index contributed by atoms with van der Waals surface area (Å²) in [5, 5.41) is 9.40. The Labute approximate surface area is 72.7 Å². The van der Waals surface area contributed by atoms with Crippen molar-refractivity contribution >= 4 is 5.97 Å². The number of carbonyl (C=O) groups is 1. The van der Waals surface area contributed by atoms with Gasteiger partial charge in [-0.25, -0.2) is 0 Å². The van der Waals surface area contributed by atoms with E-state index < -0.39 is 0 Å². The maximum atomic E-state index is 11.0. The van der Waals surface area contributed by atoms with Crippen molar-refractivity contribution in [2.75, 3.05) is 6.61 Å². The van der Waals surface area contributed by atoms with Gasteiger partial charge in [-0.1, -0.05) is 6.42 Å². The molecule has 1 aliphatic carbocycles. The summed E-state index contributed by atoms with van der Waals surface area (Å²) in [5.41, 5.74) is 0. The van der Waals surface area contributed by atoms with Crippen molar-refractivity contribution in [1.82, 2.24) is 0 Å². The molecule has 0 aliphatic heterocycles. The average Bonchev–Trinajstić information content (AvgIpc) is 2.37. The molecule has 0 amide bonds. The lowest BCUT2D eigenvalue weighted by atomic mass is 10.0. The van der Waals surface area contributed by atoms with E-state index in [1.165, 1.54) is 0 Å². The highest BCUT2D eigenvalue weighted by atomic mass is 16.5. The summed E-state index contributed by atoms with van der Waals surface area (Å²) in [6.07, 6.45) is 2.93. The van der Waals surface area contributed by atoms with Gasteiger partial charge >= 0.3 is 5.97 Å². The second-order valence-corrected chi connectivity index (χ2v) is 3.27. The molecule has 3 nitrogen and oxygen atoms in total. The molecule has 0 aromatic rings. The van der Waals surface area contributed by atoms with Crippen molar-refractivity contribution in [2.45, 2.75) is 38.7 Å². The fraction of sp³-hybridized carbons (Fsp3) is 0.889. The molecular formula is C9H16O3. The molecule has 1 fully saturated rings. The highest BCUT2D eigenvalue weighted by Gasteiger charge is 2.27. The van der Waals surface area contributed by atoms with Gasteiger partial charge in [-0.2, -0.15) is 0 Å². The predicted octanol–water partition coefficient (Wildman–Crippen LogP) is 1.10. The van der Waals surface area contributed by atoms with Gasteiger partial charge in [0, 0.05) is 0 Å². The van der Waals surface area contributed by atoms with E-state index in [1.54, 1.807) is 6.92 Å². The summed E-state index contributed by atoms with van der Waals surface area (Å²) < 4.78 is 4.80. The first-order valence-electron chi connectivity index (χ1n) is 4.57. The Morgan fingerprint density at radius 1 is 1.58 bits per heavy atom. The molecule has 0 aromatic carbocycles. The van der Waals surface area contributed by atoms with E-state index >= 15 is 0 Å². The predicted molar refractivity (Wildman–Crippen MR) is 44.6 cm³/mol. The summed E-state index contributed by atoms with van der Waals surface area (Å²) in [6.45, 7) is 2.23. The third-order valence-electron chi connectivity index (χ3n) is 2.35. The van der Waals surface area contributed by atoms with Gasteiger partial charge in [-0.3, -0.25) is 4.79 Å². The van der Waals surface area contributed by atoms with Crippen LogP contribution in [0.2, 0.25) is 0 Å². The zero-order valence-corrected chi connectivity index (χ0v) is 7.45. The second kappa shape index (κ2) is 4.45. The number of rotatable bonds is 3. The SMILES string of the molecule is CCOC(=O)CC1CCCC1O. The standard InChI is InChI=1S/C9H16O3/c1-2-12-9(11)6-7-4-3-5-8(7)10/h7-8,10H,2-6H2,1H3. The number of aliphatic hydroxyl groups is 1. The molecule has 3 heteroatoms. The first-order valence-corrected chi connectivity index (χ1v) is 4.57. The molecule has 1 saturated carbocycles. The molecule has 1 aliphatic rings. The summed E-state index contributed by atoms with van der Waals surface area (Å²) in [7, 11) is 0. The topological polar surface area (TPSA) is 46.5 Å². The maximum Gasteiger partial charge on any atom is 0.306 e.